The lowest BCUT2D eigenvalue weighted by atomic mass is 10.1. The molecule has 0 heterocycles. The lowest BCUT2D eigenvalue weighted by molar-refractivity contribution is 0.0521. The molecule has 5 nitrogen and oxygen atoms in total. The van der Waals surface area contributed by atoms with Gasteiger partial charge in [0.25, 0.3) is 0 Å². The average Bonchev–Trinajstić information content (AvgIpc) is 3.25. The van der Waals surface area contributed by atoms with Gasteiger partial charge in [-0.1, -0.05) is 6.07 Å². The number of carbonyl (C=O) groups is 1. The Morgan fingerprint density at radius 2 is 2.13 bits per heavy atom. The van der Waals surface area contributed by atoms with E-state index in [1.807, 2.05) is 32.9 Å². The number of aromatic hydroxyl groups is 1. The van der Waals surface area contributed by atoms with Crippen molar-refractivity contribution in [3.05, 3.63) is 28.2 Å². The fourth-order valence-electron chi connectivity index (χ4n) is 2.32. The summed E-state index contributed by atoms with van der Waals surface area (Å²) in [7, 11) is 0. The summed E-state index contributed by atoms with van der Waals surface area (Å²) in [4.78, 5) is 11.8. The molecule has 1 atom stereocenters. The summed E-state index contributed by atoms with van der Waals surface area (Å²) in [5.74, 6) is 0.838. The molecule has 0 aliphatic heterocycles. The Hall–Kier alpha value is -1.27. The zero-order chi connectivity index (χ0) is 17.0. The molecule has 23 heavy (non-hydrogen) atoms. The maximum absolute atomic E-state index is 11.8. The number of carbonyl (C=O) groups excluding carboxylic acids is 1. The Balaban J connectivity index is 1.82. The number of halogens is 1. The predicted octanol–water partition coefficient (Wildman–Crippen LogP) is 3.55. The van der Waals surface area contributed by atoms with Gasteiger partial charge in [-0.2, -0.15) is 0 Å². The topological polar surface area (TPSA) is 70.6 Å². The molecule has 0 radical (unpaired) electrons. The maximum atomic E-state index is 11.8. The van der Waals surface area contributed by atoms with Gasteiger partial charge in [0.15, 0.2) is 0 Å². The summed E-state index contributed by atoms with van der Waals surface area (Å²) >= 11 is 3.32. The molecule has 6 heteroatoms. The van der Waals surface area contributed by atoms with Crippen molar-refractivity contribution in [3.63, 3.8) is 0 Å². The van der Waals surface area contributed by atoms with E-state index in [-0.39, 0.29) is 17.9 Å². The molecule has 0 saturated heterocycles. The Morgan fingerprint density at radius 3 is 2.70 bits per heavy atom. The van der Waals surface area contributed by atoms with Gasteiger partial charge < -0.3 is 20.5 Å². The fraction of sp³-hybridized carbons (Fsp3) is 0.588. The van der Waals surface area contributed by atoms with Crippen molar-refractivity contribution in [3.8, 4) is 5.75 Å². The first-order chi connectivity index (χ1) is 10.7. The lowest BCUT2D eigenvalue weighted by Crippen LogP contribution is -2.43. The SMILES string of the molecule is CC(C)(C)OC(=O)NCC(NCc1ccc(O)c(Br)c1)C1CC1. The highest BCUT2D eigenvalue weighted by Crippen LogP contribution is 2.32. The second kappa shape index (κ2) is 7.53. The third-order valence-electron chi connectivity index (χ3n) is 3.64. The van der Waals surface area contributed by atoms with Crippen LogP contribution in [0.25, 0.3) is 0 Å². The zero-order valence-corrected chi connectivity index (χ0v) is 15.4. The summed E-state index contributed by atoms with van der Waals surface area (Å²) in [5.41, 5.74) is 0.600. The van der Waals surface area contributed by atoms with Gasteiger partial charge in [-0.3, -0.25) is 0 Å². The lowest BCUT2D eigenvalue weighted by Gasteiger charge is -2.22. The summed E-state index contributed by atoms with van der Waals surface area (Å²) in [6, 6.07) is 5.69. The summed E-state index contributed by atoms with van der Waals surface area (Å²) in [5, 5.41) is 15.9. The van der Waals surface area contributed by atoms with Crippen LogP contribution < -0.4 is 10.6 Å². The number of hydrogen-bond donors (Lipinski definition) is 3. The number of amides is 1. The van der Waals surface area contributed by atoms with E-state index in [2.05, 4.69) is 26.6 Å². The first kappa shape index (κ1) is 18.1. The van der Waals surface area contributed by atoms with Gasteiger partial charge in [0.05, 0.1) is 4.47 Å². The molecule has 1 saturated carbocycles. The molecule has 1 aromatic carbocycles. The molecular formula is C17H25BrN2O3. The molecule has 1 fully saturated rings. The minimum atomic E-state index is -0.481. The molecule has 0 spiro atoms. The van der Waals surface area contributed by atoms with Crippen LogP contribution in [-0.4, -0.2) is 29.4 Å². The van der Waals surface area contributed by atoms with Gasteiger partial charge in [-0.15, -0.1) is 0 Å². The third kappa shape index (κ3) is 6.39. The van der Waals surface area contributed by atoms with Gasteiger partial charge in [-0.05, 0) is 73.2 Å². The predicted molar refractivity (Wildman–Crippen MR) is 93.4 cm³/mol. The Labute approximate surface area is 145 Å². The standard InChI is InChI=1S/C17H25BrN2O3/c1-17(2,3)23-16(22)20-10-14(12-5-6-12)19-9-11-4-7-15(21)13(18)8-11/h4,7-8,12,14,19,21H,5-6,9-10H2,1-3H3,(H,20,22). The molecule has 1 aliphatic rings. The molecule has 128 valence electrons. The van der Waals surface area contributed by atoms with Crippen LogP contribution in [0.15, 0.2) is 22.7 Å². The average molecular weight is 385 g/mol. The van der Waals surface area contributed by atoms with Crippen LogP contribution >= 0.6 is 15.9 Å². The van der Waals surface area contributed by atoms with Crippen molar-refractivity contribution >= 4 is 22.0 Å². The Kier molecular flexibility index (Phi) is 5.92. The van der Waals surface area contributed by atoms with Crippen LogP contribution in [-0.2, 0) is 11.3 Å². The molecule has 2 rings (SSSR count). The van der Waals surface area contributed by atoms with E-state index in [1.54, 1.807) is 6.07 Å². The van der Waals surface area contributed by atoms with Gasteiger partial charge >= 0.3 is 6.09 Å². The van der Waals surface area contributed by atoms with Crippen LogP contribution in [0.4, 0.5) is 4.79 Å². The number of nitrogens with one attached hydrogen (secondary N) is 2. The summed E-state index contributed by atoms with van der Waals surface area (Å²) in [6.07, 6.45) is 2.00. The van der Waals surface area contributed by atoms with Crippen molar-refractivity contribution < 1.29 is 14.6 Å². The fourth-order valence-corrected chi connectivity index (χ4v) is 2.75. The van der Waals surface area contributed by atoms with Crippen molar-refractivity contribution in [2.45, 2.75) is 51.8 Å². The van der Waals surface area contributed by atoms with Crippen LogP contribution in [0.5, 0.6) is 5.75 Å². The van der Waals surface area contributed by atoms with E-state index in [1.165, 1.54) is 12.8 Å². The highest BCUT2D eigenvalue weighted by Gasteiger charge is 2.31. The van der Waals surface area contributed by atoms with E-state index in [9.17, 15) is 9.90 Å². The van der Waals surface area contributed by atoms with Gasteiger partial charge in [-0.25, -0.2) is 4.79 Å². The minimum Gasteiger partial charge on any atom is -0.507 e. The van der Waals surface area contributed by atoms with E-state index in [0.29, 0.717) is 23.5 Å². The minimum absolute atomic E-state index is 0.232. The van der Waals surface area contributed by atoms with Gasteiger partial charge in [0.1, 0.15) is 11.4 Å². The Bertz CT molecular complexity index is 553. The summed E-state index contributed by atoms with van der Waals surface area (Å²) in [6.45, 7) is 6.80. The van der Waals surface area contributed by atoms with Crippen LogP contribution in [0.1, 0.15) is 39.2 Å². The first-order valence-electron chi connectivity index (χ1n) is 7.92. The maximum Gasteiger partial charge on any atom is 0.407 e. The number of rotatable bonds is 6. The van der Waals surface area contributed by atoms with Crippen LogP contribution in [0.3, 0.4) is 0 Å². The molecule has 1 aromatic rings. The van der Waals surface area contributed by atoms with Crippen LogP contribution in [0, 0.1) is 5.92 Å². The number of phenolic OH excluding ortho intramolecular Hbond substituents is 1. The van der Waals surface area contributed by atoms with Crippen molar-refractivity contribution in [1.29, 1.82) is 0 Å². The van der Waals surface area contributed by atoms with Crippen LogP contribution in [0.2, 0.25) is 0 Å². The monoisotopic (exact) mass is 384 g/mol. The Morgan fingerprint density at radius 1 is 1.43 bits per heavy atom. The largest absolute Gasteiger partial charge is 0.507 e. The van der Waals surface area contributed by atoms with Gasteiger partial charge in [0, 0.05) is 19.1 Å². The van der Waals surface area contributed by atoms with E-state index in [4.69, 9.17) is 4.74 Å². The van der Waals surface area contributed by atoms with Crippen molar-refractivity contribution in [2.24, 2.45) is 5.92 Å². The highest BCUT2D eigenvalue weighted by molar-refractivity contribution is 9.10. The number of alkyl carbamates (subject to hydrolysis) is 1. The molecule has 1 aliphatic carbocycles. The van der Waals surface area contributed by atoms with E-state index < -0.39 is 5.60 Å². The quantitative estimate of drug-likeness (QED) is 0.701. The van der Waals surface area contributed by atoms with Crippen molar-refractivity contribution in [2.75, 3.05) is 6.54 Å². The number of ether oxygens (including phenoxy) is 1. The number of phenols is 1. The third-order valence-corrected chi connectivity index (χ3v) is 4.27. The van der Waals surface area contributed by atoms with E-state index >= 15 is 0 Å². The second-order valence-corrected chi connectivity index (χ2v) is 7.85. The van der Waals surface area contributed by atoms with E-state index in [0.717, 1.165) is 5.56 Å². The molecule has 1 amide bonds. The van der Waals surface area contributed by atoms with Crippen molar-refractivity contribution in [1.82, 2.24) is 10.6 Å². The molecule has 3 N–H and O–H groups in total. The highest BCUT2D eigenvalue weighted by atomic mass is 79.9. The summed E-state index contributed by atoms with van der Waals surface area (Å²) < 4.78 is 5.95. The number of hydrogen-bond acceptors (Lipinski definition) is 4. The molecule has 0 bridgehead atoms. The molecular weight excluding hydrogens is 360 g/mol. The smallest absolute Gasteiger partial charge is 0.407 e. The zero-order valence-electron chi connectivity index (χ0n) is 13.9. The molecule has 0 aromatic heterocycles. The number of benzene rings is 1. The normalized spacial score (nSPS) is 16.0. The second-order valence-electron chi connectivity index (χ2n) is 6.99. The first-order valence-corrected chi connectivity index (χ1v) is 8.71. The van der Waals surface area contributed by atoms with Gasteiger partial charge in [0.2, 0.25) is 0 Å². The molecule has 1 unspecified atom stereocenters.